The highest BCUT2D eigenvalue weighted by atomic mass is 16.7. The number of para-hydroxylation sites is 1. The molecule has 0 saturated carbocycles. The third kappa shape index (κ3) is 2.21. The number of rotatable bonds is 1. The van der Waals surface area contributed by atoms with Gasteiger partial charge in [-0.25, -0.2) is 0 Å². The van der Waals surface area contributed by atoms with Crippen LogP contribution >= 0.6 is 0 Å². The molecule has 0 bridgehead atoms. The molecule has 2 aliphatic heterocycles. The van der Waals surface area contributed by atoms with Crippen LogP contribution < -0.4 is 0 Å². The van der Waals surface area contributed by atoms with Gasteiger partial charge in [0.1, 0.15) is 0 Å². The molecule has 0 radical (unpaired) electrons. The van der Waals surface area contributed by atoms with Gasteiger partial charge < -0.3 is 4.57 Å². The van der Waals surface area contributed by atoms with E-state index >= 15 is 0 Å². The van der Waals surface area contributed by atoms with Gasteiger partial charge in [0.15, 0.2) is 0 Å². The maximum atomic E-state index is 12.4. The Labute approximate surface area is 139 Å². The fourth-order valence-electron chi connectivity index (χ4n) is 4.18. The van der Waals surface area contributed by atoms with E-state index in [9.17, 15) is 4.79 Å². The molecule has 2 atom stereocenters. The number of amides is 1. The Balaban J connectivity index is 1.91. The summed E-state index contributed by atoms with van der Waals surface area (Å²) in [6.07, 6.45) is 2.33. The van der Waals surface area contributed by atoms with Crippen molar-refractivity contribution in [2.45, 2.75) is 25.3 Å². The number of aryl methyl sites for hydroxylation is 1. The van der Waals surface area contributed by atoms with E-state index in [2.05, 4.69) is 26.7 Å². The second-order valence-corrected chi connectivity index (χ2v) is 6.39. The molecule has 0 aliphatic carbocycles. The fraction of sp³-hybridized carbons (Fsp3) is 0.471. The van der Waals surface area contributed by atoms with Crippen LogP contribution in [0.2, 0.25) is 0 Å². The largest absolute Gasteiger partial charge is 0.346 e. The third-order valence-corrected chi connectivity index (χ3v) is 5.19. The SMILES string of the molecule is Cn1c2c(c3ccccc31)CCN1OCCC[C@H](C(=O)N=[N+]=[N-])[C@@H]21. The Morgan fingerprint density at radius 3 is 3.08 bits per heavy atom. The highest BCUT2D eigenvalue weighted by Crippen LogP contribution is 2.43. The van der Waals surface area contributed by atoms with Crippen LogP contribution in [0, 0.1) is 5.92 Å². The Kier molecular flexibility index (Phi) is 3.76. The van der Waals surface area contributed by atoms with Crippen molar-refractivity contribution < 1.29 is 9.63 Å². The predicted octanol–water partition coefficient (Wildman–Crippen LogP) is 3.26. The Bertz CT molecular complexity index is 852. The molecule has 124 valence electrons. The monoisotopic (exact) mass is 325 g/mol. The quantitative estimate of drug-likeness (QED) is 0.458. The summed E-state index contributed by atoms with van der Waals surface area (Å²) in [7, 11) is 2.03. The Morgan fingerprint density at radius 2 is 2.25 bits per heavy atom. The first-order valence-electron chi connectivity index (χ1n) is 8.27. The standard InChI is InChI=1S/C17H19N5O2/c1-21-14-7-3-2-5-11(14)12-8-9-22-16(15(12)21)13(6-4-10-24-22)17(23)19-20-18/h2-3,5,7,13,16H,4,6,8-10H2,1H3/t13-,16-/m0/s1. The maximum Gasteiger partial charge on any atom is 0.224 e. The summed E-state index contributed by atoms with van der Waals surface area (Å²) < 4.78 is 2.16. The highest BCUT2D eigenvalue weighted by Gasteiger charge is 2.41. The van der Waals surface area contributed by atoms with Crippen molar-refractivity contribution in [2.75, 3.05) is 13.2 Å². The molecule has 4 rings (SSSR count). The molecule has 1 aromatic carbocycles. The van der Waals surface area contributed by atoms with E-state index < -0.39 is 5.91 Å². The number of hydrogen-bond donors (Lipinski definition) is 0. The number of nitrogens with zero attached hydrogens (tertiary/aromatic N) is 5. The van der Waals surface area contributed by atoms with Gasteiger partial charge in [0.2, 0.25) is 5.91 Å². The summed E-state index contributed by atoms with van der Waals surface area (Å²) in [6.45, 7) is 1.33. The lowest BCUT2D eigenvalue weighted by molar-refractivity contribution is -0.193. The van der Waals surface area contributed by atoms with E-state index in [-0.39, 0.29) is 12.0 Å². The number of hydrogen-bond acceptors (Lipinski definition) is 3. The molecule has 2 aliphatic rings. The summed E-state index contributed by atoms with van der Waals surface area (Å²) >= 11 is 0. The molecule has 0 spiro atoms. The minimum Gasteiger partial charge on any atom is -0.346 e. The van der Waals surface area contributed by atoms with Crippen molar-refractivity contribution in [3.8, 4) is 0 Å². The minimum absolute atomic E-state index is 0.202. The van der Waals surface area contributed by atoms with Crippen LogP contribution in [0.4, 0.5) is 0 Å². The topological polar surface area (TPSA) is 83.2 Å². The highest BCUT2D eigenvalue weighted by molar-refractivity contribution is 5.87. The van der Waals surface area contributed by atoms with Gasteiger partial charge >= 0.3 is 0 Å². The average molecular weight is 325 g/mol. The molecule has 1 saturated heterocycles. The summed E-state index contributed by atoms with van der Waals surface area (Å²) in [5.41, 5.74) is 12.2. The van der Waals surface area contributed by atoms with E-state index in [0.717, 1.165) is 30.6 Å². The lowest BCUT2D eigenvalue weighted by atomic mass is 9.86. The second-order valence-electron chi connectivity index (χ2n) is 6.39. The van der Waals surface area contributed by atoms with Gasteiger partial charge in [-0.3, -0.25) is 9.63 Å². The zero-order chi connectivity index (χ0) is 16.7. The van der Waals surface area contributed by atoms with E-state index in [0.29, 0.717) is 13.0 Å². The van der Waals surface area contributed by atoms with Crippen molar-refractivity contribution in [2.24, 2.45) is 18.1 Å². The molecule has 2 aromatic rings. The lowest BCUT2D eigenvalue weighted by Gasteiger charge is -2.37. The van der Waals surface area contributed by atoms with Gasteiger partial charge in [0.05, 0.1) is 12.6 Å². The van der Waals surface area contributed by atoms with Gasteiger partial charge in [-0.05, 0) is 41.5 Å². The zero-order valence-electron chi connectivity index (χ0n) is 13.6. The first-order valence-corrected chi connectivity index (χ1v) is 8.27. The number of azide groups is 1. The van der Waals surface area contributed by atoms with Crippen molar-refractivity contribution in [1.82, 2.24) is 9.63 Å². The molecule has 3 heterocycles. The second kappa shape index (κ2) is 5.94. The Hall–Kier alpha value is -2.34. The molecule has 24 heavy (non-hydrogen) atoms. The maximum absolute atomic E-state index is 12.4. The van der Waals surface area contributed by atoms with Crippen LogP contribution in [0.5, 0.6) is 0 Å². The fourth-order valence-corrected chi connectivity index (χ4v) is 4.18. The first-order chi connectivity index (χ1) is 11.7. The van der Waals surface area contributed by atoms with Gasteiger partial charge in [-0.2, -0.15) is 5.06 Å². The molecular formula is C17H19N5O2. The van der Waals surface area contributed by atoms with Gasteiger partial charge in [-0.15, -0.1) is 0 Å². The van der Waals surface area contributed by atoms with Gasteiger partial charge in [0.25, 0.3) is 0 Å². The number of aromatic nitrogens is 1. The predicted molar refractivity (Wildman–Crippen MR) is 88.9 cm³/mol. The van der Waals surface area contributed by atoms with Crippen molar-refractivity contribution >= 4 is 16.8 Å². The van der Waals surface area contributed by atoms with Crippen LogP contribution in [-0.4, -0.2) is 28.7 Å². The van der Waals surface area contributed by atoms with Crippen molar-refractivity contribution in [1.29, 1.82) is 0 Å². The van der Waals surface area contributed by atoms with Crippen LogP contribution in [0.15, 0.2) is 29.4 Å². The molecule has 0 N–H and O–H groups in total. The summed E-state index contributed by atoms with van der Waals surface area (Å²) in [4.78, 5) is 21.0. The molecule has 1 amide bonds. The van der Waals surface area contributed by atoms with Crippen LogP contribution in [0.25, 0.3) is 21.3 Å². The van der Waals surface area contributed by atoms with Crippen LogP contribution in [0.3, 0.4) is 0 Å². The van der Waals surface area contributed by atoms with Gasteiger partial charge in [-0.1, -0.05) is 18.2 Å². The Morgan fingerprint density at radius 1 is 1.42 bits per heavy atom. The number of carbonyl (C=O) groups is 1. The molecular weight excluding hydrogens is 306 g/mol. The van der Waals surface area contributed by atoms with Gasteiger partial charge in [0, 0.05) is 41.0 Å². The van der Waals surface area contributed by atoms with E-state index in [1.807, 2.05) is 24.2 Å². The van der Waals surface area contributed by atoms with Crippen LogP contribution in [-0.2, 0) is 23.1 Å². The third-order valence-electron chi connectivity index (χ3n) is 5.19. The molecule has 7 heteroatoms. The molecule has 0 unspecified atom stereocenters. The van der Waals surface area contributed by atoms with Crippen molar-refractivity contribution in [3.63, 3.8) is 0 Å². The molecule has 7 nitrogen and oxygen atoms in total. The summed E-state index contributed by atoms with van der Waals surface area (Å²) in [5.74, 6) is -0.762. The summed E-state index contributed by atoms with van der Waals surface area (Å²) in [6, 6.07) is 8.09. The summed E-state index contributed by atoms with van der Waals surface area (Å²) in [5, 5.41) is 6.54. The average Bonchev–Trinajstić information content (AvgIpc) is 2.76. The number of fused-ring (bicyclic) bond motifs is 5. The number of benzene rings is 1. The minimum atomic E-state index is -0.392. The number of carbonyl (C=O) groups excluding carboxylic acids is 1. The molecule has 1 fully saturated rings. The zero-order valence-corrected chi connectivity index (χ0v) is 13.6. The molecule has 1 aromatic heterocycles. The van der Waals surface area contributed by atoms with Crippen molar-refractivity contribution in [3.05, 3.63) is 46.0 Å². The number of hydroxylamine groups is 2. The normalized spacial score (nSPS) is 23.9. The first kappa shape index (κ1) is 15.2. The van der Waals surface area contributed by atoms with E-state index in [1.165, 1.54) is 10.9 Å². The van der Waals surface area contributed by atoms with E-state index in [1.54, 1.807) is 0 Å². The lowest BCUT2D eigenvalue weighted by Crippen LogP contribution is -2.40. The van der Waals surface area contributed by atoms with Crippen LogP contribution in [0.1, 0.15) is 30.1 Å². The smallest absolute Gasteiger partial charge is 0.224 e. The van der Waals surface area contributed by atoms with E-state index in [4.69, 9.17) is 10.4 Å².